The Balaban J connectivity index is 1.68. The molecule has 3 rings (SSSR count). The Labute approximate surface area is 167 Å². The number of carbonyl (C=O) groups is 2. The van der Waals surface area contributed by atoms with E-state index in [2.05, 4.69) is 31.1 Å². The van der Waals surface area contributed by atoms with Crippen molar-refractivity contribution in [2.24, 2.45) is 5.41 Å². The van der Waals surface area contributed by atoms with Crippen molar-refractivity contribution in [2.75, 3.05) is 18.9 Å². The van der Waals surface area contributed by atoms with Gasteiger partial charge in [-0.2, -0.15) is 0 Å². The van der Waals surface area contributed by atoms with Gasteiger partial charge in [0.05, 0.1) is 0 Å². The molecule has 0 unspecified atom stereocenters. The van der Waals surface area contributed by atoms with Crippen LogP contribution in [0.3, 0.4) is 0 Å². The summed E-state index contributed by atoms with van der Waals surface area (Å²) in [6, 6.07) is 11.7. The number of para-hydroxylation sites is 1. The molecule has 1 fully saturated rings. The molecule has 1 aliphatic carbocycles. The van der Waals surface area contributed by atoms with Crippen LogP contribution in [-0.4, -0.2) is 35.3 Å². The molecule has 1 saturated carbocycles. The van der Waals surface area contributed by atoms with Crippen LogP contribution in [0.25, 0.3) is 0 Å². The highest BCUT2D eigenvalue weighted by Gasteiger charge is 2.57. The fourth-order valence-corrected chi connectivity index (χ4v) is 3.46. The predicted molar refractivity (Wildman–Crippen MR) is 111 cm³/mol. The summed E-state index contributed by atoms with van der Waals surface area (Å²) in [5.74, 6) is -0.280. The largest absolute Gasteiger partial charge is 0.344 e. The molecule has 1 aliphatic rings. The summed E-state index contributed by atoms with van der Waals surface area (Å²) in [5, 5.41) is 3.03. The number of nitrogens with zero attached hydrogens (tertiary/aromatic N) is 2. The number of hydrogen-bond donors (Lipinski definition) is 1. The minimum absolute atomic E-state index is 0.0905. The molecule has 1 aromatic heterocycles. The van der Waals surface area contributed by atoms with Gasteiger partial charge in [0.1, 0.15) is 5.41 Å². The standard InChI is InChI=1S/C23H29N3O2/c1-22(2,3)18-7-5-6-8-19(18)25-20(27)23(12-13-23)21(28)26(4)16-11-17-9-14-24-15-10-17/h5-10,14-15H,11-13,16H2,1-4H3,(H,25,27). The second kappa shape index (κ2) is 7.74. The summed E-state index contributed by atoms with van der Waals surface area (Å²) >= 11 is 0. The fraction of sp³-hybridized carbons (Fsp3) is 0.435. The van der Waals surface area contributed by atoms with Crippen LogP contribution in [0.1, 0.15) is 44.7 Å². The second-order valence-corrected chi connectivity index (χ2v) is 8.66. The number of hydrogen-bond acceptors (Lipinski definition) is 3. The second-order valence-electron chi connectivity index (χ2n) is 8.66. The molecule has 0 spiro atoms. The van der Waals surface area contributed by atoms with Crippen LogP contribution in [0.2, 0.25) is 0 Å². The number of nitrogens with one attached hydrogen (secondary N) is 1. The summed E-state index contributed by atoms with van der Waals surface area (Å²) in [6.07, 6.45) is 5.46. The van der Waals surface area contributed by atoms with Crippen molar-refractivity contribution in [3.63, 3.8) is 0 Å². The monoisotopic (exact) mass is 379 g/mol. The lowest BCUT2D eigenvalue weighted by atomic mass is 9.85. The zero-order valence-electron chi connectivity index (χ0n) is 17.2. The number of likely N-dealkylation sites (N-methyl/N-ethyl adjacent to an activating group) is 1. The number of amides is 2. The van der Waals surface area contributed by atoms with Crippen LogP contribution in [0.4, 0.5) is 5.69 Å². The molecule has 2 aromatic rings. The number of rotatable bonds is 6. The predicted octanol–water partition coefficient (Wildman–Crippen LogP) is 3.80. The quantitative estimate of drug-likeness (QED) is 0.777. The number of carbonyl (C=O) groups excluding carboxylic acids is 2. The van der Waals surface area contributed by atoms with Gasteiger partial charge in [0.2, 0.25) is 11.8 Å². The van der Waals surface area contributed by atoms with E-state index < -0.39 is 5.41 Å². The minimum Gasteiger partial charge on any atom is -0.344 e. The molecule has 1 aromatic carbocycles. The van der Waals surface area contributed by atoms with E-state index in [4.69, 9.17) is 0 Å². The Morgan fingerprint density at radius 3 is 2.36 bits per heavy atom. The molecular weight excluding hydrogens is 350 g/mol. The van der Waals surface area contributed by atoms with Crippen LogP contribution >= 0.6 is 0 Å². The maximum Gasteiger partial charge on any atom is 0.240 e. The molecule has 0 radical (unpaired) electrons. The lowest BCUT2D eigenvalue weighted by Crippen LogP contribution is -2.42. The maximum absolute atomic E-state index is 13.0. The van der Waals surface area contributed by atoms with E-state index in [1.54, 1.807) is 24.3 Å². The van der Waals surface area contributed by atoms with Gasteiger partial charge in [-0.25, -0.2) is 0 Å². The highest BCUT2D eigenvalue weighted by molar-refractivity contribution is 6.13. The maximum atomic E-state index is 13.0. The Morgan fingerprint density at radius 1 is 1.11 bits per heavy atom. The van der Waals surface area contributed by atoms with Gasteiger partial charge in [0.25, 0.3) is 0 Å². The average Bonchev–Trinajstić information content (AvgIpc) is 3.48. The smallest absolute Gasteiger partial charge is 0.240 e. The number of anilines is 1. The zero-order chi connectivity index (χ0) is 20.4. The molecule has 5 nitrogen and oxygen atoms in total. The fourth-order valence-electron chi connectivity index (χ4n) is 3.46. The highest BCUT2D eigenvalue weighted by atomic mass is 16.2. The first-order chi connectivity index (χ1) is 13.2. The summed E-state index contributed by atoms with van der Waals surface area (Å²) in [4.78, 5) is 31.7. The molecule has 148 valence electrons. The van der Waals surface area contributed by atoms with Gasteiger partial charge >= 0.3 is 0 Å². The van der Waals surface area contributed by atoms with Gasteiger partial charge in [0, 0.05) is 31.7 Å². The van der Waals surface area contributed by atoms with Crippen LogP contribution in [-0.2, 0) is 21.4 Å². The van der Waals surface area contributed by atoms with E-state index in [0.717, 1.165) is 23.2 Å². The Bertz CT molecular complexity index is 852. The van der Waals surface area contributed by atoms with Crippen molar-refractivity contribution in [1.29, 1.82) is 0 Å². The van der Waals surface area contributed by atoms with Crippen LogP contribution < -0.4 is 5.32 Å². The third-order valence-electron chi connectivity index (χ3n) is 5.41. The Morgan fingerprint density at radius 2 is 1.75 bits per heavy atom. The summed E-state index contributed by atoms with van der Waals surface area (Å²) in [6.45, 7) is 6.92. The van der Waals surface area contributed by atoms with E-state index in [1.807, 2.05) is 36.4 Å². The summed E-state index contributed by atoms with van der Waals surface area (Å²) in [5.41, 5.74) is 1.98. The van der Waals surface area contributed by atoms with Gasteiger partial charge in [0.15, 0.2) is 0 Å². The first kappa shape index (κ1) is 20.1. The molecule has 28 heavy (non-hydrogen) atoms. The lowest BCUT2D eigenvalue weighted by Gasteiger charge is -2.26. The van der Waals surface area contributed by atoms with E-state index in [0.29, 0.717) is 19.4 Å². The summed E-state index contributed by atoms with van der Waals surface area (Å²) < 4.78 is 0. The van der Waals surface area contributed by atoms with Crippen molar-refractivity contribution in [3.8, 4) is 0 Å². The van der Waals surface area contributed by atoms with Gasteiger partial charge in [-0.15, -0.1) is 0 Å². The Kier molecular flexibility index (Phi) is 5.54. The van der Waals surface area contributed by atoms with Gasteiger partial charge < -0.3 is 10.2 Å². The lowest BCUT2D eigenvalue weighted by molar-refractivity contribution is -0.141. The van der Waals surface area contributed by atoms with E-state index in [-0.39, 0.29) is 17.2 Å². The van der Waals surface area contributed by atoms with Gasteiger partial charge in [-0.1, -0.05) is 39.0 Å². The zero-order valence-corrected chi connectivity index (χ0v) is 17.2. The van der Waals surface area contributed by atoms with Crippen molar-refractivity contribution in [2.45, 2.75) is 45.4 Å². The highest BCUT2D eigenvalue weighted by Crippen LogP contribution is 2.48. The average molecular weight is 380 g/mol. The van der Waals surface area contributed by atoms with Gasteiger partial charge in [-0.05, 0) is 54.0 Å². The summed E-state index contributed by atoms with van der Waals surface area (Å²) in [7, 11) is 1.78. The first-order valence-electron chi connectivity index (χ1n) is 9.79. The van der Waals surface area contributed by atoms with Gasteiger partial charge in [-0.3, -0.25) is 14.6 Å². The third kappa shape index (κ3) is 4.24. The van der Waals surface area contributed by atoms with E-state index in [1.165, 1.54) is 0 Å². The topological polar surface area (TPSA) is 62.3 Å². The van der Waals surface area contributed by atoms with Crippen molar-refractivity contribution in [3.05, 3.63) is 59.9 Å². The van der Waals surface area contributed by atoms with Crippen LogP contribution in [0, 0.1) is 5.41 Å². The normalized spacial score (nSPS) is 15.0. The molecule has 1 heterocycles. The van der Waals surface area contributed by atoms with Crippen LogP contribution in [0.15, 0.2) is 48.8 Å². The third-order valence-corrected chi connectivity index (χ3v) is 5.41. The van der Waals surface area contributed by atoms with E-state index >= 15 is 0 Å². The van der Waals surface area contributed by atoms with Crippen molar-refractivity contribution in [1.82, 2.24) is 9.88 Å². The molecule has 0 saturated heterocycles. The Hall–Kier alpha value is -2.69. The number of benzene rings is 1. The number of pyridine rings is 1. The molecule has 0 atom stereocenters. The van der Waals surface area contributed by atoms with Crippen molar-refractivity contribution >= 4 is 17.5 Å². The SMILES string of the molecule is CN(CCc1ccncc1)C(=O)C1(C(=O)Nc2ccccc2C(C)(C)C)CC1. The molecule has 0 aliphatic heterocycles. The minimum atomic E-state index is -0.919. The van der Waals surface area contributed by atoms with Crippen molar-refractivity contribution < 1.29 is 9.59 Å². The molecule has 2 amide bonds. The molecular formula is C23H29N3O2. The first-order valence-corrected chi connectivity index (χ1v) is 9.79. The number of aromatic nitrogens is 1. The molecule has 5 heteroatoms. The van der Waals surface area contributed by atoms with Crippen LogP contribution in [0.5, 0.6) is 0 Å². The van der Waals surface area contributed by atoms with E-state index in [9.17, 15) is 9.59 Å². The molecule has 1 N–H and O–H groups in total. The molecule has 0 bridgehead atoms.